The van der Waals surface area contributed by atoms with Crippen LogP contribution in [0.3, 0.4) is 0 Å². The molecule has 1 saturated heterocycles. The van der Waals surface area contributed by atoms with Crippen LogP contribution in [-0.4, -0.2) is 72.2 Å². The molecule has 0 aromatic heterocycles. The van der Waals surface area contributed by atoms with Crippen LogP contribution in [0.25, 0.3) is 0 Å². The van der Waals surface area contributed by atoms with Crippen LogP contribution >= 0.6 is 0 Å². The fraction of sp³-hybridized carbons (Fsp3) is 0.923. The molecule has 1 unspecified atom stereocenters. The Balaban J connectivity index is 1.72. The number of carboxylic acid groups (broad SMARTS) is 1. The smallest absolute Gasteiger partial charge is 0.322 e. The number of hydrogen-bond acceptors (Lipinski definition) is 4. The quantitative estimate of drug-likeness (QED) is 0.681. The fourth-order valence-electron chi connectivity index (χ4n) is 2.51. The van der Waals surface area contributed by atoms with E-state index in [1.807, 2.05) is 0 Å². The molecule has 1 saturated carbocycles. The molecule has 0 radical (unpaired) electrons. The minimum Gasteiger partial charge on any atom is -0.480 e. The minimum absolute atomic E-state index is 0.393. The maximum absolute atomic E-state index is 11.2. The zero-order valence-electron chi connectivity index (χ0n) is 11.3. The molecule has 0 amide bonds. The van der Waals surface area contributed by atoms with Gasteiger partial charge in [-0.1, -0.05) is 6.92 Å². The normalized spacial score (nSPS) is 24.1. The number of piperazine rings is 1. The Kier molecular flexibility index (Phi) is 4.97. The van der Waals surface area contributed by atoms with Gasteiger partial charge in [0.15, 0.2) is 0 Å². The Morgan fingerprint density at radius 2 is 1.89 bits per heavy atom. The maximum Gasteiger partial charge on any atom is 0.322 e. The van der Waals surface area contributed by atoms with Gasteiger partial charge >= 0.3 is 5.97 Å². The van der Waals surface area contributed by atoms with Crippen molar-refractivity contribution in [2.75, 3.05) is 39.3 Å². The molecule has 5 nitrogen and oxygen atoms in total. The lowest BCUT2D eigenvalue weighted by Gasteiger charge is -2.35. The lowest BCUT2D eigenvalue weighted by atomic mass is 10.2. The Bertz CT molecular complexity index is 273. The Labute approximate surface area is 109 Å². The third-order valence-electron chi connectivity index (χ3n) is 3.76. The molecule has 1 aliphatic heterocycles. The second-order valence-electron chi connectivity index (χ2n) is 5.47. The standard InChI is InChI=1S/C13H25N3O2/c1-2-5-15-6-8-16(9-7-15)10-12(13(17)18)14-11-3-4-11/h11-12,14H,2-10H2,1H3,(H,17,18). The molecule has 5 heteroatoms. The lowest BCUT2D eigenvalue weighted by molar-refractivity contribution is -0.140. The van der Waals surface area contributed by atoms with Gasteiger partial charge in [0.05, 0.1) is 0 Å². The monoisotopic (exact) mass is 255 g/mol. The van der Waals surface area contributed by atoms with Gasteiger partial charge in [-0.3, -0.25) is 9.69 Å². The minimum atomic E-state index is -0.710. The van der Waals surface area contributed by atoms with E-state index in [-0.39, 0.29) is 0 Å². The molecule has 2 fully saturated rings. The highest BCUT2D eigenvalue weighted by Crippen LogP contribution is 2.19. The van der Waals surface area contributed by atoms with E-state index in [0.717, 1.165) is 45.6 Å². The van der Waals surface area contributed by atoms with Gasteiger partial charge in [-0.05, 0) is 25.8 Å². The van der Waals surface area contributed by atoms with E-state index in [2.05, 4.69) is 22.0 Å². The van der Waals surface area contributed by atoms with Crippen LogP contribution in [0.2, 0.25) is 0 Å². The second-order valence-corrected chi connectivity index (χ2v) is 5.47. The average Bonchev–Trinajstić information content (AvgIpc) is 3.15. The summed E-state index contributed by atoms with van der Waals surface area (Å²) in [6, 6.07) is 0.0581. The predicted molar refractivity (Wildman–Crippen MR) is 70.8 cm³/mol. The van der Waals surface area contributed by atoms with E-state index in [0.29, 0.717) is 12.6 Å². The highest BCUT2D eigenvalue weighted by Gasteiger charge is 2.30. The van der Waals surface area contributed by atoms with Crippen LogP contribution in [0.1, 0.15) is 26.2 Å². The summed E-state index contributed by atoms with van der Waals surface area (Å²) in [6.45, 7) is 8.15. The molecular formula is C13H25N3O2. The summed E-state index contributed by atoms with van der Waals surface area (Å²) in [4.78, 5) is 15.9. The van der Waals surface area contributed by atoms with Crippen molar-refractivity contribution in [2.45, 2.75) is 38.3 Å². The highest BCUT2D eigenvalue weighted by atomic mass is 16.4. The third kappa shape index (κ3) is 4.23. The van der Waals surface area contributed by atoms with E-state index >= 15 is 0 Å². The van der Waals surface area contributed by atoms with Gasteiger partial charge in [-0.2, -0.15) is 0 Å². The summed E-state index contributed by atoms with van der Waals surface area (Å²) in [5, 5.41) is 12.4. The summed E-state index contributed by atoms with van der Waals surface area (Å²) in [5.41, 5.74) is 0. The first kappa shape index (κ1) is 13.8. The molecule has 1 heterocycles. The Morgan fingerprint density at radius 1 is 1.28 bits per heavy atom. The third-order valence-corrected chi connectivity index (χ3v) is 3.76. The van der Waals surface area contributed by atoms with Crippen LogP contribution in [0.4, 0.5) is 0 Å². The highest BCUT2D eigenvalue weighted by molar-refractivity contribution is 5.73. The number of hydrogen-bond donors (Lipinski definition) is 2. The summed E-state index contributed by atoms with van der Waals surface area (Å²) in [7, 11) is 0. The molecular weight excluding hydrogens is 230 g/mol. The van der Waals surface area contributed by atoms with Gasteiger partial charge in [-0.15, -0.1) is 0 Å². The molecule has 2 N–H and O–H groups in total. The van der Waals surface area contributed by atoms with Crippen molar-refractivity contribution in [2.24, 2.45) is 0 Å². The topological polar surface area (TPSA) is 55.8 Å². The van der Waals surface area contributed by atoms with E-state index in [1.54, 1.807) is 0 Å². The molecule has 0 bridgehead atoms. The van der Waals surface area contributed by atoms with Crippen molar-refractivity contribution in [1.82, 2.24) is 15.1 Å². The molecule has 1 atom stereocenters. The Hall–Kier alpha value is -0.650. The first-order valence-corrected chi connectivity index (χ1v) is 7.12. The SMILES string of the molecule is CCCN1CCN(CC(NC2CC2)C(=O)O)CC1. The van der Waals surface area contributed by atoms with Crippen LogP contribution in [0, 0.1) is 0 Å². The molecule has 0 aromatic carbocycles. The maximum atomic E-state index is 11.2. The van der Waals surface area contributed by atoms with E-state index in [4.69, 9.17) is 0 Å². The van der Waals surface area contributed by atoms with Gasteiger partial charge in [-0.25, -0.2) is 0 Å². The summed E-state index contributed by atoms with van der Waals surface area (Å²) in [6.07, 6.45) is 3.46. The summed E-state index contributed by atoms with van der Waals surface area (Å²) in [5.74, 6) is -0.710. The van der Waals surface area contributed by atoms with Crippen molar-refractivity contribution in [3.8, 4) is 0 Å². The molecule has 0 spiro atoms. The number of carboxylic acids is 1. The largest absolute Gasteiger partial charge is 0.480 e. The van der Waals surface area contributed by atoms with Crippen LogP contribution in [-0.2, 0) is 4.79 Å². The first-order valence-electron chi connectivity index (χ1n) is 7.12. The average molecular weight is 255 g/mol. The lowest BCUT2D eigenvalue weighted by Crippen LogP contribution is -2.53. The number of nitrogens with zero attached hydrogens (tertiary/aromatic N) is 2. The fourth-order valence-corrected chi connectivity index (χ4v) is 2.51. The molecule has 0 aromatic rings. The van der Waals surface area contributed by atoms with Gasteiger partial charge in [0.1, 0.15) is 6.04 Å². The number of rotatable bonds is 7. The summed E-state index contributed by atoms with van der Waals surface area (Å²) < 4.78 is 0. The number of aliphatic carboxylic acids is 1. The molecule has 2 aliphatic rings. The molecule has 18 heavy (non-hydrogen) atoms. The number of carbonyl (C=O) groups is 1. The van der Waals surface area contributed by atoms with Gasteiger partial charge < -0.3 is 15.3 Å². The van der Waals surface area contributed by atoms with E-state index in [1.165, 1.54) is 6.42 Å². The van der Waals surface area contributed by atoms with Gasteiger partial charge in [0.25, 0.3) is 0 Å². The molecule has 2 rings (SSSR count). The zero-order chi connectivity index (χ0) is 13.0. The van der Waals surface area contributed by atoms with Crippen LogP contribution < -0.4 is 5.32 Å². The van der Waals surface area contributed by atoms with Gasteiger partial charge in [0.2, 0.25) is 0 Å². The van der Waals surface area contributed by atoms with Crippen LogP contribution in [0.5, 0.6) is 0 Å². The van der Waals surface area contributed by atoms with E-state index < -0.39 is 12.0 Å². The molecule has 1 aliphatic carbocycles. The number of nitrogens with one attached hydrogen (secondary N) is 1. The first-order chi connectivity index (χ1) is 8.69. The van der Waals surface area contributed by atoms with E-state index in [9.17, 15) is 9.90 Å². The molecule has 104 valence electrons. The van der Waals surface area contributed by atoms with Crippen LogP contribution in [0.15, 0.2) is 0 Å². The zero-order valence-corrected chi connectivity index (χ0v) is 11.3. The van der Waals surface area contributed by atoms with Gasteiger partial charge in [0, 0.05) is 38.8 Å². The predicted octanol–water partition coefficient (Wildman–Crippen LogP) is 0.219. The van der Waals surface area contributed by atoms with Crippen molar-refractivity contribution < 1.29 is 9.90 Å². The summed E-state index contributed by atoms with van der Waals surface area (Å²) >= 11 is 0. The van der Waals surface area contributed by atoms with Crippen molar-refractivity contribution >= 4 is 5.97 Å². The van der Waals surface area contributed by atoms with Crippen molar-refractivity contribution in [3.05, 3.63) is 0 Å². The van der Waals surface area contributed by atoms with Crippen molar-refractivity contribution in [1.29, 1.82) is 0 Å². The Morgan fingerprint density at radius 3 is 2.39 bits per heavy atom. The van der Waals surface area contributed by atoms with Crippen molar-refractivity contribution in [3.63, 3.8) is 0 Å². The second kappa shape index (κ2) is 6.50.